The monoisotopic (exact) mass is 286 g/mol. The van der Waals surface area contributed by atoms with Crippen LogP contribution in [-0.2, 0) is 11.2 Å². The molecular weight excluding hydrogens is 272 g/mol. The molecule has 0 unspecified atom stereocenters. The second kappa shape index (κ2) is 6.09. The van der Waals surface area contributed by atoms with Crippen molar-refractivity contribution in [3.63, 3.8) is 0 Å². The zero-order valence-electron chi connectivity index (χ0n) is 11.4. The zero-order chi connectivity index (χ0) is 15.4. The molecule has 0 saturated carbocycles. The van der Waals surface area contributed by atoms with E-state index in [9.17, 15) is 9.59 Å². The molecule has 108 valence electrons. The number of aliphatic hydroxyl groups is 1. The number of carboxylic acids is 1. The van der Waals surface area contributed by atoms with Crippen LogP contribution >= 0.6 is 0 Å². The maximum atomic E-state index is 11.7. The van der Waals surface area contributed by atoms with Crippen molar-refractivity contribution in [1.82, 2.24) is 0 Å². The fourth-order valence-corrected chi connectivity index (χ4v) is 1.80. The van der Waals surface area contributed by atoms with E-state index < -0.39 is 17.5 Å². The zero-order valence-corrected chi connectivity index (χ0v) is 11.4. The van der Waals surface area contributed by atoms with Gasteiger partial charge in [-0.15, -0.1) is 0 Å². The third kappa shape index (κ3) is 3.82. The molecule has 0 aliphatic rings. The summed E-state index contributed by atoms with van der Waals surface area (Å²) in [6, 6.07) is 9.50. The number of ketones is 1. The van der Waals surface area contributed by atoms with Gasteiger partial charge in [0.1, 0.15) is 0 Å². The fourth-order valence-electron chi connectivity index (χ4n) is 1.80. The van der Waals surface area contributed by atoms with Crippen molar-refractivity contribution in [3.8, 4) is 0 Å². The Hall–Kier alpha value is -2.82. The number of benzene rings is 1. The Morgan fingerprint density at radius 2 is 1.81 bits per heavy atom. The van der Waals surface area contributed by atoms with Crippen molar-refractivity contribution < 1.29 is 24.2 Å². The Labute approximate surface area is 121 Å². The predicted octanol–water partition coefficient (Wildman–Crippen LogP) is 2.89. The standard InChI is InChI=1S/C16H14O5/c1-10-2-4-11(5-3-10)6-12-7-15(21-9-12)13(17)8-14(18)16(19)20/h2-5,7-9,18H,6H2,1H3,(H,19,20). The van der Waals surface area contributed by atoms with Crippen LogP contribution in [-0.4, -0.2) is 22.0 Å². The van der Waals surface area contributed by atoms with E-state index in [1.54, 1.807) is 0 Å². The Kier molecular flexibility index (Phi) is 4.23. The summed E-state index contributed by atoms with van der Waals surface area (Å²) in [6.45, 7) is 2.00. The van der Waals surface area contributed by atoms with Gasteiger partial charge in [-0.2, -0.15) is 0 Å². The molecule has 0 amide bonds. The van der Waals surface area contributed by atoms with E-state index in [0.29, 0.717) is 12.5 Å². The molecule has 21 heavy (non-hydrogen) atoms. The fraction of sp³-hybridized carbons (Fsp3) is 0.125. The van der Waals surface area contributed by atoms with Crippen LogP contribution in [0.4, 0.5) is 0 Å². The summed E-state index contributed by atoms with van der Waals surface area (Å²) in [5, 5.41) is 17.5. The van der Waals surface area contributed by atoms with Crippen molar-refractivity contribution in [2.75, 3.05) is 0 Å². The van der Waals surface area contributed by atoms with Gasteiger partial charge < -0.3 is 14.6 Å². The molecule has 2 aromatic rings. The number of furan rings is 1. The molecule has 1 aromatic heterocycles. The lowest BCUT2D eigenvalue weighted by Crippen LogP contribution is -2.03. The molecule has 5 heteroatoms. The summed E-state index contributed by atoms with van der Waals surface area (Å²) >= 11 is 0. The molecule has 0 atom stereocenters. The average molecular weight is 286 g/mol. The van der Waals surface area contributed by atoms with Crippen LogP contribution in [0.5, 0.6) is 0 Å². The number of aliphatic hydroxyl groups excluding tert-OH is 1. The van der Waals surface area contributed by atoms with Gasteiger partial charge in [-0.1, -0.05) is 29.8 Å². The Balaban J connectivity index is 2.11. The highest BCUT2D eigenvalue weighted by atomic mass is 16.4. The van der Waals surface area contributed by atoms with Crippen molar-refractivity contribution >= 4 is 11.8 Å². The van der Waals surface area contributed by atoms with E-state index in [0.717, 1.165) is 16.7 Å². The number of carboxylic acid groups (broad SMARTS) is 1. The number of rotatable bonds is 5. The van der Waals surface area contributed by atoms with Crippen LogP contribution in [0.15, 0.2) is 52.8 Å². The van der Waals surface area contributed by atoms with Crippen molar-refractivity contribution in [3.05, 3.63) is 70.9 Å². The van der Waals surface area contributed by atoms with E-state index in [1.807, 2.05) is 31.2 Å². The molecule has 1 aromatic carbocycles. The Morgan fingerprint density at radius 3 is 2.43 bits per heavy atom. The number of carbonyl (C=O) groups excluding carboxylic acids is 1. The lowest BCUT2D eigenvalue weighted by Gasteiger charge is -1.98. The SMILES string of the molecule is Cc1ccc(Cc2coc(C(=O)C=C(O)C(=O)O)c2)cc1. The molecule has 1 heterocycles. The van der Waals surface area contributed by atoms with Crippen LogP contribution < -0.4 is 0 Å². The summed E-state index contributed by atoms with van der Waals surface area (Å²) in [6.07, 6.45) is 2.67. The Bertz CT molecular complexity index is 692. The molecule has 0 fully saturated rings. The van der Waals surface area contributed by atoms with Gasteiger partial charge in [-0.05, 0) is 24.1 Å². The number of aliphatic carboxylic acids is 1. The quantitative estimate of drug-likeness (QED) is 0.501. The topological polar surface area (TPSA) is 87.7 Å². The third-order valence-electron chi connectivity index (χ3n) is 2.91. The number of hydrogen-bond acceptors (Lipinski definition) is 4. The largest absolute Gasteiger partial charge is 0.502 e. The minimum absolute atomic E-state index is 0.00934. The maximum Gasteiger partial charge on any atom is 0.371 e. The van der Waals surface area contributed by atoms with Gasteiger partial charge in [0.05, 0.1) is 6.26 Å². The van der Waals surface area contributed by atoms with Crippen LogP contribution in [0.25, 0.3) is 0 Å². The van der Waals surface area contributed by atoms with Gasteiger partial charge >= 0.3 is 5.97 Å². The molecule has 2 rings (SSSR count). The molecule has 5 nitrogen and oxygen atoms in total. The number of carbonyl (C=O) groups is 2. The second-order valence-electron chi connectivity index (χ2n) is 4.68. The Morgan fingerprint density at radius 1 is 1.14 bits per heavy atom. The van der Waals surface area contributed by atoms with Crippen molar-refractivity contribution in [1.29, 1.82) is 0 Å². The first kappa shape index (κ1) is 14.6. The minimum atomic E-state index is -1.56. The van der Waals surface area contributed by atoms with E-state index >= 15 is 0 Å². The molecule has 0 aliphatic carbocycles. The summed E-state index contributed by atoms with van der Waals surface area (Å²) in [5.74, 6) is -3.28. The molecule has 0 aliphatic heterocycles. The lowest BCUT2D eigenvalue weighted by molar-refractivity contribution is -0.135. The maximum absolute atomic E-state index is 11.7. The minimum Gasteiger partial charge on any atom is -0.502 e. The van der Waals surface area contributed by atoms with Crippen LogP contribution in [0.2, 0.25) is 0 Å². The van der Waals surface area contributed by atoms with Gasteiger partial charge in [-0.3, -0.25) is 4.79 Å². The third-order valence-corrected chi connectivity index (χ3v) is 2.91. The first-order chi connectivity index (χ1) is 9.95. The predicted molar refractivity (Wildman–Crippen MR) is 75.4 cm³/mol. The average Bonchev–Trinajstić information content (AvgIpc) is 2.90. The van der Waals surface area contributed by atoms with Gasteiger partial charge in [0.25, 0.3) is 0 Å². The van der Waals surface area contributed by atoms with Crippen molar-refractivity contribution in [2.24, 2.45) is 0 Å². The van der Waals surface area contributed by atoms with Gasteiger partial charge in [-0.25, -0.2) is 4.79 Å². The van der Waals surface area contributed by atoms with E-state index in [4.69, 9.17) is 14.6 Å². The molecular formula is C16H14O5. The van der Waals surface area contributed by atoms with Crippen LogP contribution in [0.1, 0.15) is 27.2 Å². The lowest BCUT2D eigenvalue weighted by atomic mass is 10.1. The van der Waals surface area contributed by atoms with E-state index in [1.165, 1.54) is 12.3 Å². The molecule has 2 N–H and O–H groups in total. The van der Waals surface area contributed by atoms with Crippen molar-refractivity contribution in [2.45, 2.75) is 13.3 Å². The van der Waals surface area contributed by atoms with Crippen LogP contribution in [0.3, 0.4) is 0 Å². The number of allylic oxidation sites excluding steroid dienone is 1. The summed E-state index contributed by atoms with van der Waals surface area (Å²) in [4.78, 5) is 22.1. The van der Waals surface area contributed by atoms with Gasteiger partial charge in [0.2, 0.25) is 11.5 Å². The molecule has 0 saturated heterocycles. The van der Waals surface area contributed by atoms with Gasteiger partial charge in [0, 0.05) is 12.5 Å². The van der Waals surface area contributed by atoms with Crippen LogP contribution in [0, 0.1) is 6.92 Å². The normalized spacial score (nSPS) is 11.4. The molecule has 0 radical (unpaired) electrons. The second-order valence-corrected chi connectivity index (χ2v) is 4.68. The molecule has 0 bridgehead atoms. The first-order valence-corrected chi connectivity index (χ1v) is 6.27. The highest BCUT2D eigenvalue weighted by Gasteiger charge is 2.13. The van der Waals surface area contributed by atoms with E-state index in [-0.39, 0.29) is 5.76 Å². The number of hydrogen-bond donors (Lipinski definition) is 2. The molecule has 0 spiro atoms. The van der Waals surface area contributed by atoms with Gasteiger partial charge in [0.15, 0.2) is 5.76 Å². The summed E-state index contributed by atoms with van der Waals surface area (Å²) in [7, 11) is 0. The smallest absolute Gasteiger partial charge is 0.371 e. The first-order valence-electron chi connectivity index (χ1n) is 6.27. The summed E-state index contributed by atoms with van der Waals surface area (Å²) in [5.41, 5.74) is 3.03. The highest BCUT2D eigenvalue weighted by Crippen LogP contribution is 2.15. The highest BCUT2D eigenvalue weighted by molar-refractivity contribution is 6.06. The van der Waals surface area contributed by atoms with E-state index in [2.05, 4.69) is 0 Å². The number of aryl methyl sites for hydroxylation is 1. The summed E-state index contributed by atoms with van der Waals surface area (Å²) < 4.78 is 5.10.